The summed E-state index contributed by atoms with van der Waals surface area (Å²) >= 11 is 0. The molecule has 0 saturated carbocycles. The van der Waals surface area contributed by atoms with E-state index in [2.05, 4.69) is 43.1 Å². The molecular weight excluding hydrogens is 336 g/mol. The van der Waals surface area contributed by atoms with Crippen LogP contribution < -0.4 is 5.73 Å². The Hall–Kier alpha value is -2.92. The van der Waals surface area contributed by atoms with Crippen molar-refractivity contribution >= 4 is 17.1 Å². The van der Waals surface area contributed by atoms with Crippen molar-refractivity contribution in [2.24, 2.45) is 5.73 Å². The van der Waals surface area contributed by atoms with Crippen molar-refractivity contribution < 1.29 is 4.79 Å². The molecule has 138 valence electrons. The molecular formula is C22H24N4O. The highest BCUT2D eigenvalue weighted by molar-refractivity contribution is 5.93. The van der Waals surface area contributed by atoms with E-state index in [1.54, 1.807) is 6.20 Å². The van der Waals surface area contributed by atoms with E-state index >= 15 is 0 Å². The number of carbonyl (C=O) groups is 1. The van der Waals surface area contributed by atoms with Gasteiger partial charge < -0.3 is 15.0 Å². The largest absolute Gasteiger partial charge is 0.333 e. The van der Waals surface area contributed by atoms with Gasteiger partial charge in [0.25, 0.3) is 5.91 Å². The van der Waals surface area contributed by atoms with Crippen LogP contribution in [0.5, 0.6) is 0 Å². The molecule has 3 aromatic rings. The van der Waals surface area contributed by atoms with Crippen LogP contribution in [0.25, 0.3) is 11.2 Å². The summed E-state index contributed by atoms with van der Waals surface area (Å²) in [7, 11) is 0. The fraction of sp³-hybridized carbons (Fsp3) is 0.273. The number of carbonyl (C=O) groups excluding carboxylic acids is 1. The number of pyridine rings is 1. The standard InChI is InChI=1S/C22H24N4O/c1-15-9-16(2)11-19(10-15)18-5-7-25(8-6-18)22(27)20-14-26-13-17(12-23)3-4-21(26)24-20/h3-5,9-11,13-14H,6-8,12,23H2,1-2H3. The normalized spacial score (nSPS) is 14.5. The van der Waals surface area contributed by atoms with Gasteiger partial charge in [0.2, 0.25) is 0 Å². The van der Waals surface area contributed by atoms with Gasteiger partial charge in [0, 0.05) is 32.0 Å². The number of rotatable bonds is 3. The summed E-state index contributed by atoms with van der Waals surface area (Å²) in [5.41, 5.74) is 13.1. The van der Waals surface area contributed by atoms with Crippen LogP contribution in [0, 0.1) is 13.8 Å². The number of amides is 1. The van der Waals surface area contributed by atoms with Crippen molar-refractivity contribution in [3.05, 3.63) is 76.7 Å². The van der Waals surface area contributed by atoms with E-state index in [0.717, 1.165) is 17.6 Å². The second kappa shape index (κ2) is 7.00. The molecule has 0 atom stereocenters. The molecule has 3 heterocycles. The predicted molar refractivity (Wildman–Crippen MR) is 107 cm³/mol. The summed E-state index contributed by atoms with van der Waals surface area (Å²) < 4.78 is 1.87. The summed E-state index contributed by atoms with van der Waals surface area (Å²) in [6, 6.07) is 10.5. The van der Waals surface area contributed by atoms with Crippen LogP contribution in [0.3, 0.4) is 0 Å². The lowest BCUT2D eigenvalue weighted by Crippen LogP contribution is -2.34. The molecule has 0 fully saturated rings. The molecule has 0 radical (unpaired) electrons. The van der Waals surface area contributed by atoms with Crippen LogP contribution in [0.2, 0.25) is 0 Å². The molecule has 4 rings (SSSR count). The average Bonchev–Trinajstić information content (AvgIpc) is 3.10. The number of hydrogen-bond acceptors (Lipinski definition) is 3. The highest BCUT2D eigenvalue weighted by Crippen LogP contribution is 2.25. The first-order valence-corrected chi connectivity index (χ1v) is 9.28. The molecule has 0 spiro atoms. The molecule has 0 bridgehead atoms. The van der Waals surface area contributed by atoms with Gasteiger partial charge in [0.1, 0.15) is 11.3 Å². The minimum atomic E-state index is -0.0243. The average molecular weight is 360 g/mol. The topological polar surface area (TPSA) is 63.6 Å². The van der Waals surface area contributed by atoms with Gasteiger partial charge in [-0.05, 0) is 43.0 Å². The van der Waals surface area contributed by atoms with E-state index in [1.807, 2.05) is 27.6 Å². The van der Waals surface area contributed by atoms with Crippen LogP contribution in [0.4, 0.5) is 0 Å². The first-order chi connectivity index (χ1) is 13.0. The molecule has 27 heavy (non-hydrogen) atoms. The Morgan fingerprint density at radius 3 is 2.59 bits per heavy atom. The van der Waals surface area contributed by atoms with E-state index in [4.69, 9.17) is 5.73 Å². The summed E-state index contributed by atoms with van der Waals surface area (Å²) in [6.45, 7) is 6.03. The maximum Gasteiger partial charge on any atom is 0.274 e. The fourth-order valence-corrected chi connectivity index (χ4v) is 3.70. The van der Waals surface area contributed by atoms with E-state index in [1.165, 1.54) is 22.3 Å². The van der Waals surface area contributed by atoms with Gasteiger partial charge >= 0.3 is 0 Å². The second-order valence-corrected chi connectivity index (χ2v) is 7.24. The van der Waals surface area contributed by atoms with Crippen LogP contribution >= 0.6 is 0 Å². The Labute approximate surface area is 159 Å². The smallest absolute Gasteiger partial charge is 0.274 e. The third kappa shape index (κ3) is 3.51. The highest BCUT2D eigenvalue weighted by Gasteiger charge is 2.21. The van der Waals surface area contributed by atoms with E-state index < -0.39 is 0 Å². The maximum absolute atomic E-state index is 12.9. The molecule has 0 aliphatic carbocycles. The summed E-state index contributed by atoms with van der Waals surface area (Å²) in [4.78, 5) is 19.2. The van der Waals surface area contributed by atoms with Gasteiger partial charge in [0.05, 0.1) is 0 Å². The first-order valence-electron chi connectivity index (χ1n) is 9.28. The van der Waals surface area contributed by atoms with Gasteiger partial charge in [-0.25, -0.2) is 4.98 Å². The molecule has 2 aromatic heterocycles. The van der Waals surface area contributed by atoms with Crippen LogP contribution in [0.15, 0.2) is 48.8 Å². The van der Waals surface area contributed by atoms with Gasteiger partial charge in [-0.1, -0.05) is 41.5 Å². The van der Waals surface area contributed by atoms with E-state index in [-0.39, 0.29) is 5.91 Å². The van der Waals surface area contributed by atoms with Crippen molar-refractivity contribution in [2.45, 2.75) is 26.8 Å². The number of nitrogens with two attached hydrogens (primary N) is 1. The molecule has 5 nitrogen and oxygen atoms in total. The third-order valence-electron chi connectivity index (χ3n) is 5.06. The van der Waals surface area contributed by atoms with Crippen molar-refractivity contribution in [1.82, 2.24) is 14.3 Å². The van der Waals surface area contributed by atoms with Gasteiger partial charge in [-0.15, -0.1) is 0 Å². The Kier molecular flexibility index (Phi) is 4.54. The zero-order valence-electron chi connectivity index (χ0n) is 15.8. The van der Waals surface area contributed by atoms with E-state index in [0.29, 0.717) is 25.3 Å². The fourth-order valence-electron chi connectivity index (χ4n) is 3.70. The highest BCUT2D eigenvalue weighted by atomic mass is 16.2. The van der Waals surface area contributed by atoms with Crippen LogP contribution in [0.1, 0.15) is 39.2 Å². The van der Waals surface area contributed by atoms with Gasteiger partial charge in [-0.2, -0.15) is 0 Å². The molecule has 0 unspecified atom stereocenters. The second-order valence-electron chi connectivity index (χ2n) is 7.24. The molecule has 2 N–H and O–H groups in total. The summed E-state index contributed by atoms with van der Waals surface area (Å²) in [5, 5.41) is 0. The number of fused-ring (bicyclic) bond motifs is 1. The zero-order valence-corrected chi connectivity index (χ0v) is 15.8. The number of hydrogen-bond donors (Lipinski definition) is 1. The Morgan fingerprint density at radius 1 is 1.15 bits per heavy atom. The zero-order chi connectivity index (χ0) is 19.0. The van der Waals surface area contributed by atoms with Crippen molar-refractivity contribution in [1.29, 1.82) is 0 Å². The van der Waals surface area contributed by atoms with Crippen molar-refractivity contribution in [3.8, 4) is 0 Å². The van der Waals surface area contributed by atoms with Crippen LogP contribution in [-0.4, -0.2) is 33.3 Å². The Bertz CT molecular complexity index is 1030. The Morgan fingerprint density at radius 2 is 1.93 bits per heavy atom. The Balaban J connectivity index is 1.53. The first kappa shape index (κ1) is 17.5. The maximum atomic E-state index is 12.9. The molecule has 1 aliphatic heterocycles. The molecule has 1 aliphatic rings. The summed E-state index contributed by atoms with van der Waals surface area (Å²) in [5.74, 6) is -0.0243. The lowest BCUT2D eigenvalue weighted by Gasteiger charge is -2.26. The van der Waals surface area contributed by atoms with Gasteiger partial charge in [0.15, 0.2) is 0 Å². The number of aryl methyl sites for hydroxylation is 2. The quantitative estimate of drug-likeness (QED) is 0.779. The number of nitrogens with zero attached hydrogens (tertiary/aromatic N) is 3. The third-order valence-corrected chi connectivity index (χ3v) is 5.06. The molecule has 1 amide bonds. The van der Waals surface area contributed by atoms with E-state index in [9.17, 15) is 4.79 Å². The molecule has 0 saturated heterocycles. The monoisotopic (exact) mass is 360 g/mol. The lowest BCUT2D eigenvalue weighted by atomic mass is 9.96. The molecule has 5 heteroatoms. The number of aromatic nitrogens is 2. The minimum Gasteiger partial charge on any atom is -0.333 e. The minimum absolute atomic E-state index is 0.0243. The predicted octanol–water partition coefficient (Wildman–Crippen LogP) is 3.34. The number of benzene rings is 1. The molecule has 1 aromatic carbocycles. The van der Waals surface area contributed by atoms with Crippen LogP contribution in [-0.2, 0) is 6.54 Å². The van der Waals surface area contributed by atoms with Crippen molar-refractivity contribution in [2.75, 3.05) is 13.1 Å². The lowest BCUT2D eigenvalue weighted by molar-refractivity contribution is 0.0767. The van der Waals surface area contributed by atoms with Gasteiger partial charge in [-0.3, -0.25) is 4.79 Å². The number of imidazole rings is 1. The SMILES string of the molecule is Cc1cc(C)cc(C2=CCN(C(=O)c3cn4cc(CN)ccc4n3)CC2)c1. The van der Waals surface area contributed by atoms with Crippen molar-refractivity contribution in [3.63, 3.8) is 0 Å². The summed E-state index contributed by atoms with van der Waals surface area (Å²) in [6.07, 6.45) is 6.74.